The molecule has 4 nitrogen and oxygen atoms in total. The van der Waals surface area contributed by atoms with Gasteiger partial charge in [-0.25, -0.2) is 0 Å². The molecule has 14 heavy (non-hydrogen) atoms. The van der Waals surface area contributed by atoms with Gasteiger partial charge in [-0.2, -0.15) is 5.10 Å². The van der Waals surface area contributed by atoms with Crippen LogP contribution in [0.15, 0.2) is 0 Å². The van der Waals surface area contributed by atoms with Gasteiger partial charge in [0.25, 0.3) is 0 Å². The van der Waals surface area contributed by atoms with Crippen molar-refractivity contribution in [2.45, 2.75) is 33.0 Å². The summed E-state index contributed by atoms with van der Waals surface area (Å²) >= 11 is 0. The summed E-state index contributed by atoms with van der Waals surface area (Å²) in [6, 6.07) is 0. The van der Waals surface area contributed by atoms with Crippen LogP contribution in [0, 0.1) is 0 Å². The van der Waals surface area contributed by atoms with Crippen LogP contribution >= 0.6 is 0 Å². The zero-order chi connectivity index (χ0) is 10.1. The number of hydrogen-bond acceptors (Lipinski definition) is 3. The van der Waals surface area contributed by atoms with Crippen molar-refractivity contribution in [2.75, 3.05) is 13.6 Å². The maximum atomic E-state index is 5.75. The Hall–Kier alpha value is -0.870. The SMILES string of the molecule is CCn1nc2c(c1CN)CCN(C)C2. The molecule has 0 bridgehead atoms. The van der Waals surface area contributed by atoms with Gasteiger partial charge in [0.05, 0.1) is 11.4 Å². The lowest BCUT2D eigenvalue weighted by Crippen LogP contribution is -2.26. The predicted octanol–water partition coefficient (Wildman–Crippen LogP) is 0.350. The van der Waals surface area contributed by atoms with E-state index in [0.29, 0.717) is 6.54 Å². The second-order valence-corrected chi connectivity index (χ2v) is 3.88. The lowest BCUT2D eigenvalue weighted by molar-refractivity contribution is 0.308. The van der Waals surface area contributed by atoms with Gasteiger partial charge in [0.1, 0.15) is 0 Å². The Morgan fingerprint density at radius 3 is 2.93 bits per heavy atom. The standard InChI is InChI=1S/C10H18N4/c1-3-14-10(6-11)8-4-5-13(2)7-9(8)12-14/h3-7,11H2,1-2H3. The van der Waals surface area contributed by atoms with Crippen LogP contribution in [-0.4, -0.2) is 28.3 Å². The third-order valence-electron chi connectivity index (χ3n) is 2.91. The second kappa shape index (κ2) is 3.71. The van der Waals surface area contributed by atoms with Crippen molar-refractivity contribution >= 4 is 0 Å². The number of aromatic nitrogens is 2. The third-order valence-corrected chi connectivity index (χ3v) is 2.91. The summed E-state index contributed by atoms with van der Waals surface area (Å²) < 4.78 is 2.05. The summed E-state index contributed by atoms with van der Waals surface area (Å²) in [5, 5.41) is 4.59. The Kier molecular flexibility index (Phi) is 2.56. The zero-order valence-corrected chi connectivity index (χ0v) is 8.95. The molecule has 0 aliphatic carbocycles. The molecule has 0 saturated carbocycles. The van der Waals surface area contributed by atoms with Crippen molar-refractivity contribution in [3.05, 3.63) is 17.0 Å². The number of fused-ring (bicyclic) bond motifs is 1. The predicted molar refractivity (Wildman–Crippen MR) is 55.8 cm³/mol. The van der Waals surface area contributed by atoms with Crippen LogP contribution in [-0.2, 0) is 26.1 Å². The van der Waals surface area contributed by atoms with Crippen LogP contribution in [0.1, 0.15) is 23.9 Å². The number of aryl methyl sites for hydroxylation is 1. The Balaban J connectivity index is 2.40. The van der Waals surface area contributed by atoms with Crippen LogP contribution in [0.2, 0.25) is 0 Å². The Labute approximate surface area is 84.7 Å². The van der Waals surface area contributed by atoms with Gasteiger partial charge in [0.2, 0.25) is 0 Å². The molecule has 0 unspecified atom stereocenters. The monoisotopic (exact) mass is 194 g/mol. The molecule has 0 atom stereocenters. The van der Waals surface area contributed by atoms with Crippen molar-refractivity contribution < 1.29 is 0 Å². The first-order chi connectivity index (χ1) is 6.76. The average Bonchev–Trinajstić information content (AvgIpc) is 2.54. The molecule has 0 fully saturated rings. The van der Waals surface area contributed by atoms with E-state index in [0.717, 1.165) is 26.1 Å². The Bertz CT molecular complexity index is 329. The summed E-state index contributed by atoms with van der Waals surface area (Å²) in [6.45, 7) is 5.73. The number of rotatable bonds is 2. The van der Waals surface area contributed by atoms with E-state index in [9.17, 15) is 0 Å². The Morgan fingerprint density at radius 1 is 1.50 bits per heavy atom. The van der Waals surface area contributed by atoms with E-state index in [1.165, 1.54) is 17.0 Å². The molecule has 0 amide bonds. The van der Waals surface area contributed by atoms with E-state index >= 15 is 0 Å². The zero-order valence-electron chi connectivity index (χ0n) is 8.95. The van der Waals surface area contributed by atoms with E-state index in [1.807, 2.05) is 4.68 Å². The van der Waals surface area contributed by atoms with Crippen LogP contribution in [0.5, 0.6) is 0 Å². The molecule has 2 rings (SSSR count). The average molecular weight is 194 g/mol. The Morgan fingerprint density at radius 2 is 2.29 bits per heavy atom. The van der Waals surface area contributed by atoms with Crippen molar-refractivity contribution in [3.8, 4) is 0 Å². The summed E-state index contributed by atoms with van der Waals surface area (Å²) in [7, 11) is 2.13. The first-order valence-electron chi connectivity index (χ1n) is 5.22. The lowest BCUT2D eigenvalue weighted by atomic mass is 10.0. The normalized spacial score (nSPS) is 17.1. The van der Waals surface area contributed by atoms with Crippen LogP contribution in [0.25, 0.3) is 0 Å². The fourth-order valence-corrected chi connectivity index (χ4v) is 2.13. The summed E-state index contributed by atoms with van der Waals surface area (Å²) in [4.78, 5) is 2.30. The molecule has 0 saturated heterocycles. The van der Waals surface area contributed by atoms with E-state index in [2.05, 4.69) is 24.0 Å². The molecule has 4 heteroatoms. The maximum absolute atomic E-state index is 5.75. The molecule has 2 heterocycles. The molecule has 0 aromatic carbocycles. The van der Waals surface area contributed by atoms with Crippen LogP contribution in [0.4, 0.5) is 0 Å². The van der Waals surface area contributed by atoms with Gasteiger partial charge in [0, 0.05) is 31.7 Å². The molecule has 2 N–H and O–H groups in total. The lowest BCUT2D eigenvalue weighted by Gasteiger charge is -2.21. The van der Waals surface area contributed by atoms with E-state index in [1.54, 1.807) is 0 Å². The first-order valence-corrected chi connectivity index (χ1v) is 5.22. The summed E-state index contributed by atoms with van der Waals surface area (Å²) in [5.41, 5.74) is 9.61. The topological polar surface area (TPSA) is 47.1 Å². The second-order valence-electron chi connectivity index (χ2n) is 3.88. The van der Waals surface area contributed by atoms with Gasteiger partial charge in [0.15, 0.2) is 0 Å². The number of nitrogens with zero attached hydrogens (tertiary/aromatic N) is 3. The van der Waals surface area contributed by atoms with E-state index in [4.69, 9.17) is 5.73 Å². The largest absolute Gasteiger partial charge is 0.325 e. The van der Waals surface area contributed by atoms with Gasteiger partial charge in [-0.3, -0.25) is 4.68 Å². The summed E-state index contributed by atoms with van der Waals surface area (Å²) in [6.07, 6.45) is 1.10. The maximum Gasteiger partial charge on any atom is 0.0800 e. The van der Waals surface area contributed by atoms with Crippen molar-refractivity contribution in [3.63, 3.8) is 0 Å². The van der Waals surface area contributed by atoms with E-state index in [-0.39, 0.29) is 0 Å². The highest BCUT2D eigenvalue weighted by Crippen LogP contribution is 2.20. The molecular weight excluding hydrogens is 176 g/mol. The number of nitrogens with two attached hydrogens (primary N) is 1. The van der Waals surface area contributed by atoms with Gasteiger partial charge >= 0.3 is 0 Å². The van der Waals surface area contributed by atoms with Crippen molar-refractivity contribution in [2.24, 2.45) is 5.73 Å². The fraction of sp³-hybridized carbons (Fsp3) is 0.700. The minimum atomic E-state index is 0.611. The van der Waals surface area contributed by atoms with E-state index < -0.39 is 0 Å². The van der Waals surface area contributed by atoms with Crippen molar-refractivity contribution in [1.82, 2.24) is 14.7 Å². The minimum Gasteiger partial charge on any atom is -0.325 e. The molecule has 1 aromatic heterocycles. The highest BCUT2D eigenvalue weighted by atomic mass is 15.3. The van der Waals surface area contributed by atoms with Gasteiger partial charge < -0.3 is 10.6 Å². The van der Waals surface area contributed by atoms with Crippen molar-refractivity contribution in [1.29, 1.82) is 0 Å². The molecule has 1 aliphatic heterocycles. The highest BCUT2D eigenvalue weighted by molar-refractivity contribution is 5.28. The third kappa shape index (κ3) is 1.44. The number of likely N-dealkylation sites (N-methyl/N-ethyl adjacent to an activating group) is 1. The molecular formula is C10H18N4. The van der Waals surface area contributed by atoms with Gasteiger partial charge in [-0.1, -0.05) is 0 Å². The molecule has 1 aliphatic rings. The quantitative estimate of drug-likeness (QED) is 0.739. The smallest absolute Gasteiger partial charge is 0.0800 e. The highest BCUT2D eigenvalue weighted by Gasteiger charge is 2.21. The fourth-order valence-electron chi connectivity index (χ4n) is 2.13. The minimum absolute atomic E-state index is 0.611. The number of hydrogen-bond donors (Lipinski definition) is 1. The summed E-state index contributed by atoms with van der Waals surface area (Å²) in [5.74, 6) is 0. The van der Waals surface area contributed by atoms with Gasteiger partial charge in [-0.15, -0.1) is 0 Å². The van der Waals surface area contributed by atoms with Gasteiger partial charge in [-0.05, 0) is 20.4 Å². The first kappa shape index (κ1) is 9.68. The van der Waals surface area contributed by atoms with Crippen LogP contribution in [0.3, 0.4) is 0 Å². The molecule has 0 radical (unpaired) electrons. The molecule has 78 valence electrons. The van der Waals surface area contributed by atoms with Crippen LogP contribution < -0.4 is 5.73 Å². The molecule has 1 aromatic rings. The molecule has 0 spiro atoms.